The van der Waals surface area contributed by atoms with Gasteiger partial charge in [0, 0.05) is 0 Å². The van der Waals surface area contributed by atoms with Gasteiger partial charge in [0.15, 0.2) is 0 Å². The Morgan fingerprint density at radius 2 is 1.88 bits per heavy atom. The van der Waals surface area contributed by atoms with Crippen LogP contribution < -0.4 is 10.7 Å². The number of carbonyl (C=O) groups excluding carboxylic acids is 3. The van der Waals surface area contributed by atoms with Gasteiger partial charge in [0.05, 0.1) is 6.42 Å². The molecule has 0 radical (unpaired) electrons. The number of benzene rings is 2. The number of hydrazine groups is 1. The average Bonchev–Trinajstić information content (AvgIpc) is 2.79. The molecular weight excluding hydrogens is 306 g/mol. The van der Waals surface area contributed by atoms with E-state index in [1.807, 2.05) is 42.5 Å². The van der Waals surface area contributed by atoms with E-state index in [2.05, 4.69) is 10.7 Å². The molecule has 2 aromatic rings. The quantitative estimate of drug-likeness (QED) is 0.845. The number of imide groups is 1. The van der Waals surface area contributed by atoms with Crippen LogP contribution in [0.2, 0.25) is 0 Å². The third-order valence-corrected chi connectivity index (χ3v) is 4.44. The summed E-state index contributed by atoms with van der Waals surface area (Å²) in [5, 5.41) is 5.39. The van der Waals surface area contributed by atoms with Crippen LogP contribution in [0.3, 0.4) is 0 Å². The Hall–Kier alpha value is -2.89. The maximum absolute atomic E-state index is 12.3. The standard InChI is InChI=1S/C18H19N3O3/c1-3-18(2)16(23)21(17(24)19-18)20-15(22)11-13-9-6-8-12-7-4-5-10-14(12)13/h4-10H,3,11H2,1-2H3,(H,19,24)(H,20,22)/t18-/m1/s1. The maximum atomic E-state index is 12.3. The molecule has 2 N–H and O–H groups in total. The van der Waals surface area contributed by atoms with Gasteiger partial charge in [-0.25, -0.2) is 4.79 Å². The molecule has 1 saturated heterocycles. The van der Waals surface area contributed by atoms with Gasteiger partial charge in [-0.1, -0.05) is 49.4 Å². The van der Waals surface area contributed by atoms with Crippen molar-refractivity contribution in [3.63, 3.8) is 0 Å². The maximum Gasteiger partial charge on any atom is 0.344 e. The summed E-state index contributed by atoms with van der Waals surface area (Å²) in [6.45, 7) is 3.45. The molecule has 2 aromatic carbocycles. The van der Waals surface area contributed by atoms with Crippen LogP contribution in [0, 0.1) is 0 Å². The number of fused-ring (bicyclic) bond motifs is 1. The van der Waals surface area contributed by atoms with Crippen LogP contribution in [0.5, 0.6) is 0 Å². The Balaban J connectivity index is 1.76. The Bertz CT molecular complexity index is 828. The summed E-state index contributed by atoms with van der Waals surface area (Å²) in [6, 6.07) is 12.9. The highest BCUT2D eigenvalue weighted by Crippen LogP contribution is 2.21. The van der Waals surface area contributed by atoms with E-state index in [0.29, 0.717) is 6.42 Å². The molecule has 0 aliphatic carbocycles. The molecule has 0 saturated carbocycles. The molecule has 1 heterocycles. The molecule has 1 atom stereocenters. The van der Waals surface area contributed by atoms with Crippen molar-refractivity contribution in [2.24, 2.45) is 0 Å². The minimum absolute atomic E-state index is 0.0846. The lowest BCUT2D eigenvalue weighted by Gasteiger charge is -2.19. The van der Waals surface area contributed by atoms with Crippen molar-refractivity contribution >= 4 is 28.6 Å². The highest BCUT2D eigenvalue weighted by atomic mass is 16.2. The fourth-order valence-corrected chi connectivity index (χ4v) is 2.81. The zero-order chi connectivity index (χ0) is 17.3. The zero-order valence-electron chi connectivity index (χ0n) is 13.6. The van der Waals surface area contributed by atoms with Crippen LogP contribution in [0.25, 0.3) is 10.8 Å². The first-order valence-electron chi connectivity index (χ1n) is 7.87. The van der Waals surface area contributed by atoms with E-state index in [1.165, 1.54) is 0 Å². The number of urea groups is 1. The summed E-state index contributed by atoms with van der Waals surface area (Å²) < 4.78 is 0. The summed E-state index contributed by atoms with van der Waals surface area (Å²) in [6.07, 6.45) is 0.536. The van der Waals surface area contributed by atoms with E-state index >= 15 is 0 Å². The van der Waals surface area contributed by atoms with Crippen molar-refractivity contribution in [2.45, 2.75) is 32.2 Å². The molecule has 0 aromatic heterocycles. The minimum Gasteiger partial charge on any atom is -0.322 e. The summed E-state index contributed by atoms with van der Waals surface area (Å²) >= 11 is 0. The van der Waals surface area contributed by atoms with Crippen LogP contribution in [0.4, 0.5) is 4.79 Å². The second kappa shape index (κ2) is 5.96. The molecule has 1 fully saturated rings. The smallest absolute Gasteiger partial charge is 0.322 e. The summed E-state index contributed by atoms with van der Waals surface area (Å²) in [5.41, 5.74) is 2.29. The van der Waals surface area contributed by atoms with E-state index in [9.17, 15) is 14.4 Å². The summed E-state index contributed by atoms with van der Waals surface area (Å²) in [5.74, 6) is -0.850. The number of nitrogens with one attached hydrogen (secondary N) is 2. The zero-order valence-corrected chi connectivity index (χ0v) is 13.6. The van der Waals surface area contributed by atoms with Gasteiger partial charge in [0.1, 0.15) is 5.54 Å². The molecular formula is C18H19N3O3. The normalized spacial score (nSPS) is 20.3. The second-order valence-electron chi connectivity index (χ2n) is 6.11. The van der Waals surface area contributed by atoms with E-state index in [4.69, 9.17) is 0 Å². The van der Waals surface area contributed by atoms with Crippen molar-refractivity contribution < 1.29 is 14.4 Å². The van der Waals surface area contributed by atoms with E-state index in [0.717, 1.165) is 21.3 Å². The lowest BCUT2D eigenvalue weighted by atomic mass is 10.00. The predicted molar refractivity (Wildman–Crippen MR) is 89.9 cm³/mol. The molecule has 0 unspecified atom stereocenters. The van der Waals surface area contributed by atoms with Crippen molar-refractivity contribution in [1.82, 2.24) is 15.8 Å². The Morgan fingerprint density at radius 1 is 1.17 bits per heavy atom. The first-order valence-corrected chi connectivity index (χ1v) is 7.87. The largest absolute Gasteiger partial charge is 0.344 e. The van der Waals surface area contributed by atoms with E-state index in [-0.39, 0.29) is 6.42 Å². The number of amides is 4. The van der Waals surface area contributed by atoms with Crippen molar-refractivity contribution in [1.29, 1.82) is 0 Å². The molecule has 0 spiro atoms. The molecule has 24 heavy (non-hydrogen) atoms. The molecule has 6 heteroatoms. The SMILES string of the molecule is CC[C@@]1(C)NC(=O)N(NC(=O)Cc2cccc3ccccc23)C1=O. The predicted octanol–water partition coefficient (Wildman–Crippen LogP) is 2.13. The van der Waals surface area contributed by atoms with Crippen LogP contribution in [0.1, 0.15) is 25.8 Å². The summed E-state index contributed by atoms with van der Waals surface area (Å²) in [4.78, 5) is 36.6. The monoisotopic (exact) mass is 325 g/mol. The van der Waals surface area contributed by atoms with Gasteiger partial charge in [-0.3, -0.25) is 15.0 Å². The average molecular weight is 325 g/mol. The second-order valence-corrected chi connectivity index (χ2v) is 6.11. The molecule has 3 rings (SSSR count). The van der Waals surface area contributed by atoms with Gasteiger partial charge in [0.2, 0.25) is 5.91 Å². The van der Waals surface area contributed by atoms with Crippen molar-refractivity contribution in [3.8, 4) is 0 Å². The van der Waals surface area contributed by atoms with Crippen LogP contribution in [0.15, 0.2) is 42.5 Å². The summed E-state index contributed by atoms with van der Waals surface area (Å²) in [7, 11) is 0. The molecule has 1 aliphatic rings. The fraction of sp³-hybridized carbons (Fsp3) is 0.278. The van der Waals surface area contributed by atoms with Gasteiger partial charge in [0.25, 0.3) is 5.91 Å². The van der Waals surface area contributed by atoms with Crippen molar-refractivity contribution in [3.05, 3.63) is 48.0 Å². The van der Waals surface area contributed by atoms with Crippen molar-refractivity contribution in [2.75, 3.05) is 0 Å². The molecule has 6 nitrogen and oxygen atoms in total. The Labute approximate surface area is 139 Å². The van der Waals surface area contributed by atoms with Crippen LogP contribution >= 0.6 is 0 Å². The lowest BCUT2D eigenvalue weighted by Crippen LogP contribution is -2.49. The first kappa shape index (κ1) is 16.0. The van der Waals surface area contributed by atoms with Crippen LogP contribution in [-0.2, 0) is 16.0 Å². The fourth-order valence-electron chi connectivity index (χ4n) is 2.81. The minimum atomic E-state index is -0.968. The van der Waals surface area contributed by atoms with Gasteiger partial charge in [-0.2, -0.15) is 5.01 Å². The van der Waals surface area contributed by atoms with E-state index < -0.39 is 23.4 Å². The third-order valence-electron chi connectivity index (χ3n) is 4.44. The highest BCUT2D eigenvalue weighted by molar-refractivity contribution is 6.07. The number of nitrogens with zero attached hydrogens (tertiary/aromatic N) is 1. The molecule has 0 bridgehead atoms. The molecule has 4 amide bonds. The van der Waals surface area contributed by atoms with Gasteiger partial charge >= 0.3 is 6.03 Å². The van der Waals surface area contributed by atoms with Crippen LogP contribution in [-0.4, -0.2) is 28.4 Å². The van der Waals surface area contributed by atoms with E-state index in [1.54, 1.807) is 13.8 Å². The van der Waals surface area contributed by atoms with Gasteiger partial charge in [-0.05, 0) is 29.7 Å². The Morgan fingerprint density at radius 3 is 2.58 bits per heavy atom. The first-order chi connectivity index (χ1) is 11.4. The third kappa shape index (κ3) is 2.71. The number of hydrogen-bond donors (Lipinski definition) is 2. The Kier molecular flexibility index (Phi) is 3.97. The topological polar surface area (TPSA) is 78.5 Å². The number of hydrogen-bond acceptors (Lipinski definition) is 3. The molecule has 124 valence electrons. The number of carbonyl (C=O) groups is 3. The molecule has 1 aliphatic heterocycles. The highest BCUT2D eigenvalue weighted by Gasteiger charge is 2.47. The lowest BCUT2D eigenvalue weighted by molar-refractivity contribution is -0.138. The van der Waals surface area contributed by atoms with Gasteiger partial charge < -0.3 is 5.32 Å². The number of rotatable bonds is 4. The van der Waals surface area contributed by atoms with Gasteiger partial charge in [-0.15, -0.1) is 0 Å².